The summed E-state index contributed by atoms with van der Waals surface area (Å²) < 4.78 is 1.45. The van der Waals surface area contributed by atoms with Gasteiger partial charge in [0.15, 0.2) is 5.82 Å². The van der Waals surface area contributed by atoms with Crippen molar-refractivity contribution in [3.05, 3.63) is 70.5 Å². The quantitative estimate of drug-likeness (QED) is 0.496. The van der Waals surface area contributed by atoms with Gasteiger partial charge in [0.2, 0.25) is 5.88 Å². The molecular formula is C23H19ClN6O2. The standard InChI is InChI=1S/C23H19ClN6O2/c1-3-30-22(31)15(12-26-30)13-29(2)23(32)20-17-9-6-7-14(11-25)19(17)27-21(28-20)16-8-4-5-10-18(16)24/h4-10,12,31H,3,13H2,1-2H3. The maximum Gasteiger partial charge on any atom is 0.273 e. The molecule has 160 valence electrons. The second kappa shape index (κ2) is 8.65. The van der Waals surface area contributed by atoms with Crippen LogP contribution in [0.15, 0.2) is 48.7 Å². The number of nitrogens with zero attached hydrogens (tertiary/aromatic N) is 6. The van der Waals surface area contributed by atoms with Crippen molar-refractivity contribution in [2.45, 2.75) is 20.0 Å². The molecule has 1 amide bonds. The number of rotatable bonds is 5. The summed E-state index contributed by atoms with van der Waals surface area (Å²) in [5.41, 5.74) is 1.93. The maximum atomic E-state index is 13.4. The Bertz CT molecular complexity index is 1370. The van der Waals surface area contributed by atoms with E-state index in [0.717, 1.165) is 0 Å². The van der Waals surface area contributed by atoms with Gasteiger partial charge in [0.25, 0.3) is 5.91 Å². The summed E-state index contributed by atoms with van der Waals surface area (Å²) in [4.78, 5) is 24.0. The molecule has 2 aromatic carbocycles. The molecule has 0 radical (unpaired) electrons. The molecule has 0 unspecified atom stereocenters. The average molecular weight is 447 g/mol. The minimum atomic E-state index is -0.385. The Morgan fingerprint density at radius 3 is 2.69 bits per heavy atom. The number of nitriles is 1. The van der Waals surface area contributed by atoms with Crippen molar-refractivity contribution in [3.63, 3.8) is 0 Å². The van der Waals surface area contributed by atoms with Gasteiger partial charge < -0.3 is 10.0 Å². The van der Waals surface area contributed by atoms with Gasteiger partial charge >= 0.3 is 0 Å². The number of aromatic hydroxyl groups is 1. The number of aromatic nitrogens is 4. The van der Waals surface area contributed by atoms with Crippen molar-refractivity contribution >= 4 is 28.4 Å². The number of hydrogen-bond acceptors (Lipinski definition) is 6. The zero-order chi connectivity index (χ0) is 22.8. The Morgan fingerprint density at radius 1 is 1.22 bits per heavy atom. The molecule has 2 heterocycles. The van der Waals surface area contributed by atoms with Gasteiger partial charge in [-0.05, 0) is 25.1 Å². The van der Waals surface area contributed by atoms with Gasteiger partial charge in [-0.25, -0.2) is 14.6 Å². The van der Waals surface area contributed by atoms with E-state index in [9.17, 15) is 15.2 Å². The normalized spacial score (nSPS) is 10.8. The fraction of sp³-hybridized carbons (Fsp3) is 0.174. The van der Waals surface area contributed by atoms with E-state index in [0.29, 0.717) is 39.2 Å². The van der Waals surface area contributed by atoms with Crippen molar-refractivity contribution in [2.24, 2.45) is 0 Å². The lowest BCUT2D eigenvalue weighted by atomic mass is 10.1. The lowest BCUT2D eigenvalue weighted by molar-refractivity contribution is 0.0780. The highest BCUT2D eigenvalue weighted by molar-refractivity contribution is 6.33. The number of fused-ring (bicyclic) bond motifs is 1. The van der Waals surface area contributed by atoms with Gasteiger partial charge in [0.1, 0.15) is 11.8 Å². The molecule has 0 bridgehead atoms. The molecule has 0 atom stereocenters. The zero-order valence-electron chi connectivity index (χ0n) is 17.4. The van der Waals surface area contributed by atoms with E-state index in [1.807, 2.05) is 6.92 Å². The number of carbonyl (C=O) groups is 1. The second-order valence-corrected chi connectivity index (χ2v) is 7.57. The number of halogens is 1. The smallest absolute Gasteiger partial charge is 0.273 e. The van der Waals surface area contributed by atoms with Crippen LogP contribution in [0.1, 0.15) is 28.5 Å². The molecule has 9 heteroatoms. The van der Waals surface area contributed by atoms with Gasteiger partial charge in [-0.1, -0.05) is 35.9 Å². The number of benzene rings is 2. The Labute approximate surface area is 189 Å². The molecule has 32 heavy (non-hydrogen) atoms. The fourth-order valence-electron chi connectivity index (χ4n) is 3.44. The Morgan fingerprint density at radius 2 is 2.00 bits per heavy atom. The Hall–Kier alpha value is -3.96. The third kappa shape index (κ3) is 3.74. The van der Waals surface area contributed by atoms with Gasteiger partial charge in [-0.3, -0.25) is 4.79 Å². The molecule has 0 fully saturated rings. The molecule has 0 saturated heterocycles. The van der Waals surface area contributed by atoms with Crippen LogP contribution in [0.2, 0.25) is 5.02 Å². The van der Waals surface area contributed by atoms with Crippen LogP contribution in [-0.4, -0.2) is 42.7 Å². The Balaban J connectivity index is 1.83. The second-order valence-electron chi connectivity index (χ2n) is 7.16. The van der Waals surface area contributed by atoms with Crippen molar-refractivity contribution in [1.82, 2.24) is 24.6 Å². The van der Waals surface area contributed by atoms with Crippen LogP contribution < -0.4 is 0 Å². The van der Waals surface area contributed by atoms with E-state index in [1.165, 1.54) is 15.8 Å². The van der Waals surface area contributed by atoms with Crippen LogP contribution in [0.4, 0.5) is 0 Å². The number of aryl methyl sites for hydroxylation is 1. The summed E-state index contributed by atoms with van der Waals surface area (Å²) in [6.45, 7) is 2.51. The Kier molecular flexibility index (Phi) is 5.75. The molecule has 0 saturated carbocycles. The monoisotopic (exact) mass is 446 g/mol. The van der Waals surface area contributed by atoms with Crippen LogP contribution in [0.5, 0.6) is 5.88 Å². The van der Waals surface area contributed by atoms with Crippen LogP contribution in [0, 0.1) is 11.3 Å². The molecule has 0 aliphatic heterocycles. The summed E-state index contributed by atoms with van der Waals surface area (Å²) in [5.74, 6) is -0.114. The van der Waals surface area contributed by atoms with Crippen molar-refractivity contribution < 1.29 is 9.90 Å². The van der Waals surface area contributed by atoms with Crippen LogP contribution in [-0.2, 0) is 13.1 Å². The highest BCUT2D eigenvalue weighted by Crippen LogP contribution is 2.29. The summed E-state index contributed by atoms with van der Waals surface area (Å²) in [5, 5.41) is 24.9. The third-order valence-electron chi connectivity index (χ3n) is 5.10. The molecule has 4 rings (SSSR count). The number of hydrogen-bond donors (Lipinski definition) is 1. The number of carbonyl (C=O) groups excluding carboxylic acids is 1. The van der Waals surface area contributed by atoms with Gasteiger partial charge in [-0.15, -0.1) is 0 Å². The fourth-order valence-corrected chi connectivity index (χ4v) is 3.66. The molecule has 0 aliphatic carbocycles. The summed E-state index contributed by atoms with van der Waals surface area (Å²) in [7, 11) is 1.61. The summed E-state index contributed by atoms with van der Waals surface area (Å²) >= 11 is 6.34. The summed E-state index contributed by atoms with van der Waals surface area (Å²) in [6, 6.07) is 14.2. The third-order valence-corrected chi connectivity index (χ3v) is 5.43. The highest BCUT2D eigenvalue weighted by atomic mass is 35.5. The van der Waals surface area contributed by atoms with Crippen LogP contribution in [0.3, 0.4) is 0 Å². The van der Waals surface area contributed by atoms with E-state index < -0.39 is 0 Å². The van der Waals surface area contributed by atoms with E-state index in [1.54, 1.807) is 49.5 Å². The van der Waals surface area contributed by atoms with Gasteiger partial charge in [0, 0.05) is 24.5 Å². The van der Waals surface area contributed by atoms with E-state index >= 15 is 0 Å². The van der Waals surface area contributed by atoms with Crippen molar-refractivity contribution in [1.29, 1.82) is 5.26 Å². The lowest BCUT2D eigenvalue weighted by Crippen LogP contribution is -2.27. The van der Waals surface area contributed by atoms with E-state index in [4.69, 9.17) is 11.6 Å². The maximum absolute atomic E-state index is 13.4. The van der Waals surface area contributed by atoms with Gasteiger partial charge in [0.05, 0.1) is 34.4 Å². The largest absolute Gasteiger partial charge is 0.493 e. The van der Waals surface area contributed by atoms with Crippen molar-refractivity contribution in [3.8, 4) is 23.3 Å². The predicted octanol–water partition coefficient (Wildman–Crippen LogP) is 4.02. The molecule has 8 nitrogen and oxygen atoms in total. The summed E-state index contributed by atoms with van der Waals surface area (Å²) in [6.07, 6.45) is 1.53. The van der Waals surface area contributed by atoms with Crippen LogP contribution in [0.25, 0.3) is 22.3 Å². The topological polar surface area (TPSA) is 108 Å². The zero-order valence-corrected chi connectivity index (χ0v) is 18.2. The van der Waals surface area contributed by atoms with E-state index in [-0.39, 0.29) is 29.9 Å². The number of amides is 1. The molecule has 2 aromatic heterocycles. The molecule has 1 N–H and O–H groups in total. The first kappa shape index (κ1) is 21.3. The number of para-hydroxylation sites is 1. The predicted molar refractivity (Wildman–Crippen MR) is 120 cm³/mol. The first-order valence-electron chi connectivity index (χ1n) is 9.89. The van der Waals surface area contributed by atoms with E-state index in [2.05, 4.69) is 21.1 Å². The minimum Gasteiger partial charge on any atom is -0.493 e. The molecule has 4 aromatic rings. The highest BCUT2D eigenvalue weighted by Gasteiger charge is 2.23. The first-order valence-corrected chi connectivity index (χ1v) is 10.3. The first-order chi connectivity index (χ1) is 15.4. The average Bonchev–Trinajstić information content (AvgIpc) is 3.16. The molecule has 0 aliphatic rings. The molecular weight excluding hydrogens is 428 g/mol. The molecule has 0 spiro atoms. The van der Waals surface area contributed by atoms with Crippen LogP contribution >= 0.6 is 11.6 Å². The lowest BCUT2D eigenvalue weighted by Gasteiger charge is -2.18. The minimum absolute atomic E-state index is 0.0169. The van der Waals surface area contributed by atoms with Crippen molar-refractivity contribution in [2.75, 3.05) is 7.05 Å². The SMILES string of the molecule is CCn1ncc(CN(C)C(=O)c2nc(-c3ccccc3Cl)nc3c(C#N)cccc23)c1O. The van der Waals surface area contributed by atoms with Gasteiger partial charge in [-0.2, -0.15) is 10.4 Å².